The second-order valence-corrected chi connectivity index (χ2v) is 14.7. The highest BCUT2D eigenvalue weighted by atomic mass is 16.6. The van der Waals surface area contributed by atoms with Crippen molar-refractivity contribution in [1.82, 2.24) is 19.8 Å². The monoisotopic (exact) mass is 689 g/mol. The Bertz CT molecular complexity index is 1910. The van der Waals surface area contributed by atoms with Crippen LogP contribution >= 0.6 is 0 Å². The highest BCUT2D eigenvalue weighted by molar-refractivity contribution is 5.96. The number of nitrogens with zero attached hydrogens (tertiary/aromatic N) is 7. The van der Waals surface area contributed by atoms with Gasteiger partial charge in [0.1, 0.15) is 29.5 Å². The van der Waals surface area contributed by atoms with Crippen LogP contribution in [-0.4, -0.2) is 89.9 Å². The molecule has 3 aliphatic heterocycles. The Labute approximate surface area is 300 Å². The van der Waals surface area contributed by atoms with Crippen LogP contribution in [0.2, 0.25) is 0 Å². The smallest absolute Gasteiger partial charge is 0.410 e. The van der Waals surface area contributed by atoms with Gasteiger partial charge in [-0.2, -0.15) is 15.2 Å². The molecule has 1 aromatic heterocycles. The van der Waals surface area contributed by atoms with Gasteiger partial charge in [-0.3, -0.25) is 0 Å². The van der Waals surface area contributed by atoms with Crippen molar-refractivity contribution < 1.29 is 19.0 Å². The van der Waals surface area contributed by atoms with Gasteiger partial charge in [-0.1, -0.05) is 42.5 Å². The first kappa shape index (κ1) is 34.4. The number of benzene rings is 3. The second kappa shape index (κ2) is 14.6. The van der Waals surface area contributed by atoms with E-state index in [1.165, 1.54) is 0 Å². The minimum atomic E-state index is -0.624. The molecule has 11 heteroatoms. The lowest BCUT2D eigenvalue weighted by molar-refractivity contribution is 0.0144. The fraction of sp³-hybridized carbons (Fsp3) is 0.450. The molecule has 0 bridgehead atoms. The van der Waals surface area contributed by atoms with Crippen LogP contribution in [0.4, 0.5) is 16.3 Å². The molecule has 2 fully saturated rings. The van der Waals surface area contributed by atoms with Gasteiger partial charge in [0.2, 0.25) is 0 Å². The quantitative estimate of drug-likeness (QED) is 0.196. The zero-order valence-electron chi connectivity index (χ0n) is 30.0. The summed E-state index contributed by atoms with van der Waals surface area (Å²) >= 11 is 0. The van der Waals surface area contributed by atoms with Gasteiger partial charge in [0.15, 0.2) is 0 Å². The molecule has 2 saturated heterocycles. The minimum absolute atomic E-state index is 0.197. The van der Waals surface area contributed by atoms with Crippen LogP contribution in [-0.2, 0) is 17.7 Å². The Kier molecular flexibility index (Phi) is 9.87. The fourth-order valence-corrected chi connectivity index (χ4v) is 7.38. The van der Waals surface area contributed by atoms with Crippen LogP contribution in [0.3, 0.4) is 0 Å². The maximum Gasteiger partial charge on any atom is 0.410 e. The van der Waals surface area contributed by atoms with Crippen LogP contribution in [0.5, 0.6) is 17.5 Å². The first-order chi connectivity index (χ1) is 24.6. The molecule has 266 valence electrons. The number of aromatic nitrogens is 2. The van der Waals surface area contributed by atoms with Crippen molar-refractivity contribution in [3.63, 3.8) is 0 Å². The van der Waals surface area contributed by atoms with Crippen LogP contribution in [0.15, 0.2) is 66.7 Å². The van der Waals surface area contributed by atoms with E-state index in [1.807, 2.05) is 51.1 Å². The van der Waals surface area contributed by atoms with Crippen molar-refractivity contribution in [2.75, 3.05) is 56.2 Å². The van der Waals surface area contributed by atoms with Gasteiger partial charge in [0.25, 0.3) is 0 Å². The van der Waals surface area contributed by atoms with Crippen molar-refractivity contribution in [2.24, 2.45) is 0 Å². The van der Waals surface area contributed by atoms with Gasteiger partial charge >= 0.3 is 12.1 Å². The Morgan fingerprint density at radius 3 is 2.51 bits per heavy atom. The largest absolute Gasteiger partial charge is 0.462 e. The zero-order chi connectivity index (χ0) is 35.5. The summed E-state index contributed by atoms with van der Waals surface area (Å²) in [4.78, 5) is 31.9. The zero-order valence-corrected chi connectivity index (χ0v) is 30.0. The van der Waals surface area contributed by atoms with Gasteiger partial charge in [0.05, 0.1) is 30.8 Å². The topological polar surface area (TPSA) is 107 Å². The molecule has 3 aliphatic rings. The molecule has 0 spiro atoms. The molecule has 7 rings (SSSR count). The molecule has 1 amide bonds. The number of hydrogen-bond acceptors (Lipinski definition) is 10. The first-order valence-corrected chi connectivity index (χ1v) is 18.0. The number of carbonyl (C=O) groups excluding carboxylic acids is 1. The highest BCUT2D eigenvalue weighted by Gasteiger charge is 2.36. The summed E-state index contributed by atoms with van der Waals surface area (Å²) in [6, 6.07) is 25.1. The summed E-state index contributed by atoms with van der Waals surface area (Å²) in [5, 5.41) is 12.0. The van der Waals surface area contributed by atoms with E-state index in [9.17, 15) is 10.1 Å². The molecule has 0 aliphatic carbocycles. The van der Waals surface area contributed by atoms with E-state index in [0.717, 1.165) is 77.4 Å². The van der Waals surface area contributed by atoms with Gasteiger partial charge in [-0.15, -0.1) is 0 Å². The van der Waals surface area contributed by atoms with Crippen molar-refractivity contribution in [3.05, 3.63) is 78.0 Å². The fourth-order valence-electron chi connectivity index (χ4n) is 7.38. The number of anilines is 2. The Hall–Kier alpha value is -5.08. The summed E-state index contributed by atoms with van der Waals surface area (Å²) in [6.45, 7) is 9.93. The van der Waals surface area contributed by atoms with E-state index in [4.69, 9.17) is 24.2 Å². The van der Waals surface area contributed by atoms with Gasteiger partial charge in [-0.05, 0) is 77.2 Å². The maximum atomic E-state index is 13.2. The summed E-state index contributed by atoms with van der Waals surface area (Å²) < 4.78 is 18.4. The van der Waals surface area contributed by atoms with E-state index in [-0.39, 0.29) is 12.5 Å². The standard InChI is InChI=1S/C40H47N7O4/c1-40(2,3)51-39(48)47-22-21-46(25-29(47)16-18-41)37-34-17-20-45(26-35(34)42-38(43-37)49-27-30-12-10-19-44(30)4)36-24-32(50-31-13-6-5-7-14-31)23-28-11-8-9-15-33(28)36/h5-9,11,13-15,23-24,29-30H,10,12,16-17,19-22,25-27H2,1-4H3/t29?,30-/m0/s1. The van der Waals surface area contributed by atoms with E-state index >= 15 is 0 Å². The van der Waals surface area contributed by atoms with Gasteiger partial charge in [-0.25, -0.2) is 4.79 Å². The third-order valence-electron chi connectivity index (χ3n) is 9.97. The first-order valence-electron chi connectivity index (χ1n) is 18.0. The summed E-state index contributed by atoms with van der Waals surface area (Å²) in [7, 11) is 2.14. The molecule has 0 radical (unpaired) electrons. The number of likely N-dealkylation sites (tertiary alicyclic amines) is 1. The molecule has 4 heterocycles. The number of piperazine rings is 1. The summed E-state index contributed by atoms with van der Waals surface area (Å²) in [6.07, 6.45) is 2.77. The third-order valence-corrected chi connectivity index (χ3v) is 9.97. The van der Waals surface area contributed by atoms with E-state index in [1.54, 1.807) is 4.90 Å². The molecule has 0 N–H and O–H groups in total. The Morgan fingerprint density at radius 1 is 0.941 bits per heavy atom. The molecule has 1 unspecified atom stereocenters. The molecule has 2 atom stereocenters. The predicted molar refractivity (Wildman–Crippen MR) is 198 cm³/mol. The summed E-state index contributed by atoms with van der Waals surface area (Å²) in [5.41, 5.74) is 2.46. The Balaban J connectivity index is 1.21. The van der Waals surface area contributed by atoms with Gasteiger partial charge in [0, 0.05) is 54.9 Å². The van der Waals surface area contributed by atoms with Crippen molar-refractivity contribution >= 4 is 28.4 Å². The SMILES string of the molecule is CN1CCC[C@H]1COc1nc2c(c(N3CCN(C(=O)OC(C)(C)C)C(CC#N)C3)n1)CCN(c1cc(Oc3ccccc3)cc3ccccc13)C2. The number of rotatable bonds is 8. The molecule has 4 aromatic rings. The predicted octanol–water partition coefficient (Wildman–Crippen LogP) is 6.80. The van der Waals surface area contributed by atoms with E-state index in [0.29, 0.717) is 44.8 Å². The lowest BCUT2D eigenvalue weighted by Gasteiger charge is -2.42. The van der Waals surface area contributed by atoms with E-state index < -0.39 is 11.7 Å². The summed E-state index contributed by atoms with van der Waals surface area (Å²) in [5.74, 6) is 2.39. The number of ether oxygens (including phenoxy) is 3. The number of carbonyl (C=O) groups is 1. The molecule has 51 heavy (non-hydrogen) atoms. The molecule has 11 nitrogen and oxygen atoms in total. The average molecular weight is 690 g/mol. The van der Waals surface area contributed by atoms with Crippen LogP contribution in [0, 0.1) is 11.3 Å². The van der Waals surface area contributed by atoms with Crippen LogP contribution in [0.1, 0.15) is 51.3 Å². The van der Waals surface area contributed by atoms with Crippen LogP contribution < -0.4 is 19.3 Å². The minimum Gasteiger partial charge on any atom is -0.462 e. The Morgan fingerprint density at radius 2 is 1.75 bits per heavy atom. The number of likely N-dealkylation sites (N-methyl/N-ethyl adjacent to an activating group) is 1. The van der Waals surface area contributed by atoms with Crippen molar-refractivity contribution in [2.45, 2.75) is 70.7 Å². The number of hydrogen-bond donors (Lipinski definition) is 0. The number of amides is 1. The molecule has 0 saturated carbocycles. The number of fused-ring (bicyclic) bond motifs is 2. The third kappa shape index (κ3) is 7.81. The van der Waals surface area contributed by atoms with Crippen molar-refractivity contribution in [1.29, 1.82) is 5.26 Å². The lowest BCUT2D eigenvalue weighted by atomic mass is 10.0. The normalized spacial score (nSPS) is 19.5. The van der Waals surface area contributed by atoms with Crippen molar-refractivity contribution in [3.8, 4) is 23.6 Å². The van der Waals surface area contributed by atoms with E-state index in [2.05, 4.69) is 64.2 Å². The average Bonchev–Trinajstić information content (AvgIpc) is 3.53. The number of nitriles is 1. The van der Waals surface area contributed by atoms with Crippen LogP contribution in [0.25, 0.3) is 10.8 Å². The number of para-hydroxylation sites is 1. The maximum absolute atomic E-state index is 13.2. The molecule has 3 aromatic carbocycles. The highest BCUT2D eigenvalue weighted by Crippen LogP contribution is 2.38. The molecular formula is C40H47N7O4. The molecular weight excluding hydrogens is 642 g/mol. The lowest BCUT2D eigenvalue weighted by Crippen LogP contribution is -2.56. The van der Waals surface area contributed by atoms with Gasteiger partial charge < -0.3 is 33.8 Å². The second-order valence-electron chi connectivity index (χ2n) is 14.7.